The second-order valence-electron chi connectivity index (χ2n) is 7.60. The monoisotopic (exact) mass is 458 g/mol. The van der Waals surface area contributed by atoms with E-state index in [0.717, 1.165) is 0 Å². The summed E-state index contributed by atoms with van der Waals surface area (Å²) in [5, 5.41) is 16.4. The highest BCUT2D eigenvalue weighted by molar-refractivity contribution is 5.94. The molecule has 0 rings (SSSR count). The standard InChI is InChI=1S/C18H34N8O6/c1-8(2)13(26-14(28)9(3)19)16(30)24-10(5-4-6-23-18(21)22)15(29)25-11(17(31)32)7-12(20)27/h8-11,13H,4-7,19H2,1-3H3,(H2,20,27)(H,24,30)(H,25,29)(H,26,28)(H,31,32)(H4,21,22,23). The molecular weight excluding hydrogens is 424 g/mol. The number of aliphatic imine (C=N–C) groups is 1. The maximum absolute atomic E-state index is 12.8. The Hall–Kier alpha value is -3.42. The molecule has 0 spiro atoms. The van der Waals surface area contributed by atoms with Crippen LogP contribution < -0.4 is 38.9 Å². The molecule has 182 valence electrons. The molecular formula is C18H34N8O6. The maximum Gasteiger partial charge on any atom is 0.326 e. The fourth-order valence-corrected chi connectivity index (χ4v) is 2.53. The quantitative estimate of drug-likeness (QED) is 0.0726. The second-order valence-corrected chi connectivity index (χ2v) is 7.60. The van der Waals surface area contributed by atoms with Crippen molar-refractivity contribution in [1.29, 1.82) is 0 Å². The van der Waals surface area contributed by atoms with E-state index in [0.29, 0.717) is 0 Å². The third kappa shape index (κ3) is 11.1. The molecule has 14 nitrogen and oxygen atoms in total. The predicted molar refractivity (Wildman–Crippen MR) is 116 cm³/mol. The minimum atomic E-state index is -1.57. The Labute approximate surface area is 185 Å². The summed E-state index contributed by atoms with van der Waals surface area (Å²) in [5.74, 6) is -4.96. The molecule has 0 aliphatic carbocycles. The van der Waals surface area contributed by atoms with E-state index < -0.39 is 60.2 Å². The van der Waals surface area contributed by atoms with Crippen molar-refractivity contribution in [2.24, 2.45) is 33.8 Å². The third-order valence-corrected chi connectivity index (χ3v) is 4.26. The first-order valence-corrected chi connectivity index (χ1v) is 9.99. The summed E-state index contributed by atoms with van der Waals surface area (Å²) in [7, 11) is 0. The molecule has 4 atom stereocenters. The zero-order valence-corrected chi connectivity index (χ0v) is 18.5. The summed E-state index contributed by atoms with van der Waals surface area (Å²) >= 11 is 0. The van der Waals surface area contributed by atoms with Crippen molar-refractivity contribution in [3.63, 3.8) is 0 Å². The van der Waals surface area contributed by atoms with Gasteiger partial charge >= 0.3 is 5.97 Å². The first-order chi connectivity index (χ1) is 14.8. The molecule has 0 saturated heterocycles. The Morgan fingerprint density at radius 1 is 0.875 bits per heavy atom. The molecule has 0 aromatic carbocycles. The van der Waals surface area contributed by atoms with Crippen LogP contribution in [-0.2, 0) is 24.0 Å². The van der Waals surface area contributed by atoms with Gasteiger partial charge in [-0.15, -0.1) is 0 Å². The number of rotatable bonds is 14. The fourth-order valence-electron chi connectivity index (χ4n) is 2.53. The lowest BCUT2D eigenvalue weighted by Crippen LogP contribution is -2.58. The van der Waals surface area contributed by atoms with Gasteiger partial charge in [0.05, 0.1) is 12.5 Å². The summed E-state index contributed by atoms with van der Waals surface area (Å²) in [6, 6.07) is -4.62. The van der Waals surface area contributed by atoms with Crippen LogP contribution in [0.3, 0.4) is 0 Å². The van der Waals surface area contributed by atoms with E-state index in [-0.39, 0.29) is 31.3 Å². The summed E-state index contributed by atoms with van der Waals surface area (Å²) < 4.78 is 0. The van der Waals surface area contributed by atoms with Crippen molar-refractivity contribution < 1.29 is 29.1 Å². The lowest BCUT2D eigenvalue weighted by atomic mass is 10.0. The van der Waals surface area contributed by atoms with E-state index in [2.05, 4.69) is 20.9 Å². The minimum Gasteiger partial charge on any atom is -0.480 e. The fraction of sp³-hybridized carbons (Fsp3) is 0.667. The van der Waals surface area contributed by atoms with Gasteiger partial charge in [-0.05, 0) is 25.7 Å². The number of nitrogens with zero attached hydrogens (tertiary/aromatic N) is 1. The molecule has 0 radical (unpaired) electrons. The zero-order chi connectivity index (χ0) is 25.0. The number of carboxylic acids is 1. The van der Waals surface area contributed by atoms with Gasteiger partial charge in [-0.25, -0.2) is 4.79 Å². The van der Waals surface area contributed by atoms with Crippen LogP contribution in [0.5, 0.6) is 0 Å². The largest absolute Gasteiger partial charge is 0.480 e. The Kier molecular flexibility index (Phi) is 12.3. The van der Waals surface area contributed by atoms with E-state index in [1.807, 2.05) is 0 Å². The van der Waals surface area contributed by atoms with Crippen LogP contribution in [0.2, 0.25) is 0 Å². The molecule has 0 saturated carbocycles. The van der Waals surface area contributed by atoms with Gasteiger partial charge in [0.1, 0.15) is 18.1 Å². The highest BCUT2D eigenvalue weighted by Gasteiger charge is 2.31. The highest BCUT2D eigenvalue weighted by atomic mass is 16.4. The minimum absolute atomic E-state index is 0.0450. The lowest BCUT2D eigenvalue weighted by molar-refractivity contribution is -0.143. The van der Waals surface area contributed by atoms with Crippen molar-refractivity contribution in [1.82, 2.24) is 16.0 Å². The summed E-state index contributed by atoms with van der Waals surface area (Å²) in [5.41, 5.74) is 21.1. The van der Waals surface area contributed by atoms with E-state index >= 15 is 0 Å². The normalized spacial score (nSPS) is 14.4. The maximum atomic E-state index is 12.8. The van der Waals surface area contributed by atoms with Crippen molar-refractivity contribution in [3.8, 4) is 0 Å². The number of carbonyl (C=O) groups excluding carboxylic acids is 4. The van der Waals surface area contributed by atoms with Crippen LogP contribution in [-0.4, -0.2) is 71.4 Å². The van der Waals surface area contributed by atoms with Gasteiger partial charge in [0.15, 0.2) is 5.96 Å². The first-order valence-electron chi connectivity index (χ1n) is 9.99. The molecule has 0 aromatic rings. The molecule has 14 heteroatoms. The van der Waals surface area contributed by atoms with Crippen LogP contribution in [0.1, 0.15) is 40.0 Å². The zero-order valence-electron chi connectivity index (χ0n) is 18.5. The highest BCUT2D eigenvalue weighted by Crippen LogP contribution is 2.06. The van der Waals surface area contributed by atoms with E-state index in [4.69, 9.17) is 22.9 Å². The van der Waals surface area contributed by atoms with Crippen LogP contribution in [0.15, 0.2) is 4.99 Å². The van der Waals surface area contributed by atoms with Gasteiger partial charge in [0, 0.05) is 6.54 Å². The van der Waals surface area contributed by atoms with Crippen molar-refractivity contribution in [2.75, 3.05) is 6.54 Å². The number of primary amides is 1. The molecule has 0 aliphatic rings. The molecule has 0 aliphatic heterocycles. The van der Waals surface area contributed by atoms with Crippen molar-refractivity contribution in [2.45, 2.75) is 64.2 Å². The Bertz CT molecular complexity index is 720. The summed E-state index contributed by atoms with van der Waals surface area (Å²) in [6.45, 7) is 4.98. The average Bonchev–Trinajstić information content (AvgIpc) is 2.66. The van der Waals surface area contributed by atoms with Crippen LogP contribution >= 0.6 is 0 Å². The van der Waals surface area contributed by atoms with Crippen molar-refractivity contribution in [3.05, 3.63) is 0 Å². The second kappa shape index (κ2) is 13.8. The molecule has 0 aromatic heterocycles. The van der Waals surface area contributed by atoms with E-state index in [1.165, 1.54) is 6.92 Å². The molecule has 4 unspecified atom stereocenters. The number of hydrogen-bond acceptors (Lipinski definition) is 7. The number of carbonyl (C=O) groups is 5. The van der Waals surface area contributed by atoms with Gasteiger partial charge in [-0.3, -0.25) is 24.2 Å². The molecule has 0 bridgehead atoms. The van der Waals surface area contributed by atoms with E-state index in [9.17, 15) is 29.1 Å². The number of aliphatic carboxylic acids is 1. The van der Waals surface area contributed by atoms with Crippen LogP contribution in [0.25, 0.3) is 0 Å². The van der Waals surface area contributed by atoms with Gasteiger partial charge in [0.25, 0.3) is 0 Å². The first kappa shape index (κ1) is 28.6. The average molecular weight is 459 g/mol. The number of nitrogens with two attached hydrogens (primary N) is 4. The molecule has 12 N–H and O–H groups in total. The molecule has 0 fully saturated rings. The number of carboxylic acid groups (broad SMARTS) is 1. The SMILES string of the molecule is CC(N)C(=O)NC(C(=O)NC(CCCN=C(N)N)C(=O)NC(CC(N)=O)C(=O)O)C(C)C. The van der Waals surface area contributed by atoms with Gasteiger partial charge in [-0.1, -0.05) is 13.8 Å². The number of nitrogens with one attached hydrogen (secondary N) is 3. The van der Waals surface area contributed by atoms with Gasteiger partial charge in [-0.2, -0.15) is 0 Å². The van der Waals surface area contributed by atoms with Crippen LogP contribution in [0.4, 0.5) is 0 Å². The summed E-state index contributed by atoms with van der Waals surface area (Å²) in [4.78, 5) is 63.6. The smallest absolute Gasteiger partial charge is 0.326 e. The molecule has 4 amide bonds. The van der Waals surface area contributed by atoms with Crippen LogP contribution in [0, 0.1) is 5.92 Å². The number of hydrogen-bond donors (Lipinski definition) is 8. The van der Waals surface area contributed by atoms with Gasteiger partial charge in [0.2, 0.25) is 23.6 Å². The van der Waals surface area contributed by atoms with Gasteiger partial charge < -0.3 is 44.0 Å². The van der Waals surface area contributed by atoms with Crippen molar-refractivity contribution >= 4 is 35.6 Å². The van der Waals surface area contributed by atoms with E-state index in [1.54, 1.807) is 13.8 Å². The molecule has 32 heavy (non-hydrogen) atoms. The third-order valence-electron chi connectivity index (χ3n) is 4.26. The summed E-state index contributed by atoms with van der Waals surface area (Å²) in [6.07, 6.45) is -0.319. The Morgan fingerprint density at radius 2 is 1.44 bits per heavy atom. The number of amides is 4. The predicted octanol–water partition coefficient (Wildman–Crippen LogP) is -3.54. The lowest BCUT2D eigenvalue weighted by Gasteiger charge is -2.26. The Morgan fingerprint density at radius 3 is 1.88 bits per heavy atom. The topological polar surface area (TPSA) is 258 Å². The Balaban J connectivity index is 5.51. The molecule has 0 heterocycles. The number of guanidine groups is 1.